The van der Waals surface area contributed by atoms with Crippen molar-refractivity contribution >= 4 is 5.57 Å². The van der Waals surface area contributed by atoms with Crippen molar-refractivity contribution in [2.24, 2.45) is 0 Å². The lowest BCUT2D eigenvalue weighted by Gasteiger charge is -2.15. The Hall–Kier alpha value is -1.51. The molecule has 0 radical (unpaired) electrons. The molecule has 0 N–H and O–H groups in total. The average Bonchev–Trinajstić information content (AvgIpc) is 2.52. The second-order valence-electron chi connectivity index (χ2n) is 5.93. The number of rotatable bonds is 7. The van der Waals surface area contributed by atoms with Crippen molar-refractivity contribution in [2.45, 2.75) is 58.3 Å². The van der Waals surface area contributed by atoms with Crippen molar-refractivity contribution in [3.05, 3.63) is 52.9 Å². The maximum atomic E-state index is 13.3. The Morgan fingerprint density at radius 1 is 0.864 bits per heavy atom. The zero-order chi connectivity index (χ0) is 15.9. The van der Waals surface area contributed by atoms with E-state index >= 15 is 0 Å². The van der Waals surface area contributed by atoms with Gasteiger partial charge in [0.15, 0.2) is 17.5 Å². The van der Waals surface area contributed by atoms with Gasteiger partial charge in [0.2, 0.25) is 0 Å². The third-order valence-electron chi connectivity index (χ3n) is 4.19. The van der Waals surface area contributed by atoms with Gasteiger partial charge in [-0.2, -0.15) is 0 Å². The molecule has 3 heteroatoms. The second-order valence-corrected chi connectivity index (χ2v) is 5.93. The molecule has 0 amide bonds. The smallest absolute Gasteiger partial charge is 0.194 e. The molecule has 0 spiro atoms. The fourth-order valence-electron chi connectivity index (χ4n) is 2.83. The van der Waals surface area contributed by atoms with Crippen LogP contribution >= 0.6 is 0 Å². The van der Waals surface area contributed by atoms with E-state index in [1.165, 1.54) is 37.7 Å². The molecule has 1 aromatic rings. The first-order valence-corrected chi connectivity index (χ1v) is 8.15. The summed E-state index contributed by atoms with van der Waals surface area (Å²) in [7, 11) is 0. The van der Waals surface area contributed by atoms with E-state index in [-0.39, 0.29) is 0 Å². The average molecular weight is 308 g/mol. The summed E-state index contributed by atoms with van der Waals surface area (Å²) >= 11 is 0. The van der Waals surface area contributed by atoms with Crippen LogP contribution in [0.25, 0.3) is 5.57 Å². The molecular weight excluding hydrogens is 285 g/mol. The van der Waals surface area contributed by atoms with Gasteiger partial charge in [-0.15, -0.1) is 0 Å². The van der Waals surface area contributed by atoms with Gasteiger partial charge in [0.05, 0.1) is 0 Å². The Labute approximate surface area is 130 Å². The number of allylic oxidation sites excluding steroid dienone is 4. The lowest BCUT2D eigenvalue weighted by Crippen LogP contribution is -1.98. The van der Waals surface area contributed by atoms with E-state index in [1.807, 2.05) is 6.08 Å². The van der Waals surface area contributed by atoms with E-state index in [0.29, 0.717) is 5.56 Å². The highest BCUT2D eigenvalue weighted by Crippen LogP contribution is 2.30. The monoisotopic (exact) mass is 308 g/mol. The van der Waals surface area contributed by atoms with Gasteiger partial charge in [0.1, 0.15) is 0 Å². The highest BCUT2D eigenvalue weighted by Gasteiger charge is 2.14. The molecule has 1 aliphatic carbocycles. The number of benzene rings is 1. The van der Waals surface area contributed by atoms with Gasteiger partial charge < -0.3 is 0 Å². The summed E-state index contributed by atoms with van der Waals surface area (Å²) in [4.78, 5) is 0. The maximum absolute atomic E-state index is 13.3. The molecule has 0 aromatic heterocycles. The van der Waals surface area contributed by atoms with Crippen LogP contribution in [0.2, 0.25) is 0 Å². The third kappa shape index (κ3) is 4.49. The standard InChI is InChI=1S/C19H23F3/c1-2-3-4-5-6-7-14-8-10-15(11-9-14)16-12-17(20)19(22)18(21)13-16/h8,10,12-13H,2-7,9,11H2,1H3. The quantitative estimate of drug-likeness (QED) is 0.395. The normalized spacial score (nSPS) is 14.7. The number of hydrogen-bond donors (Lipinski definition) is 0. The van der Waals surface area contributed by atoms with Gasteiger partial charge in [0, 0.05) is 0 Å². The Morgan fingerprint density at radius 2 is 1.55 bits per heavy atom. The summed E-state index contributed by atoms with van der Waals surface area (Å²) in [5.74, 6) is -3.65. The van der Waals surface area contributed by atoms with Crippen LogP contribution in [-0.4, -0.2) is 0 Å². The summed E-state index contributed by atoms with van der Waals surface area (Å²) in [6.45, 7) is 2.21. The number of unbranched alkanes of at least 4 members (excludes halogenated alkanes) is 4. The topological polar surface area (TPSA) is 0 Å². The van der Waals surface area contributed by atoms with E-state index in [2.05, 4.69) is 13.0 Å². The molecule has 0 aliphatic heterocycles. The molecule has 1 aliphatic rings. The summed E-state index contributed by atoms with van der Waals surface area (Å²) in [6, 6.07) is 2.15. The van der Waals surface area contributed by atoms with Crippen molar-refractivity contribution in [1.29, 1.82) is 0 Å². The van der Waals surface area contributed by atoms with Crippen molar-refractivity contribution in [1.82, 2.24) is 0 Å². The SMILES string of the molecule is CCCCCCCC1=CC=C(c2cc(F)c(F)c(F)c2)CC1. The minimum Gasteiger partial charge on any atom is -0.204 e. The minimum atomic E-state index is -1.40. The highest BCUT2D eigenvalue weighted by molar-refractivity contribution is 5.68. The van der Waals surface area contributed by atoms with Crippen LogP contribution in [0.5, 0.6) is 0 Å². The molecule has 0 unspecified atom stereocenters. The number of hydrogen-bond acceptors (Lipinski definition) is 0. The lowest BCUT2D eigenvalue weighted by molar-refractivity contribution is 0.446. The van der Waals surface area contributed by atoms with E-state index < -0.39 is 17.5 Å². The molecule has 0 atom stereocenters. The molecule has 0 heterocycles. The van der Waals surface area contributed by atoms with Crippen LogP contribution in [-0.2, 0) is 0 Å². The Kier molecular flexibility index (Phi) is 6.29. The fourth-order valence-corrected chi connectivity index (χ4v) is 2.83. The summed E-state index contributed by atoms with van der Waals surface area (Å²) in [6.07, 6.45) is 13.0. The molecule has 0 saturated heterocycles. The first kappa shape index (κ1) is 16.9. The van der Waals surface area contributed by atoms with Crippen LogP contribution < -0.4 is 0 Å². The van der Waals surface area contributed by atoms with Gasteiger partial charge in [0.25, 0.3) is 0 Å². The predicted molar refractivity (Wildman–Crippen MR) is 85.0 cm³/mol. The van der Waals surface area contributed by atoms with E-state index in [0.717, 1.165) is 37.0 Å². The summed E-state index contributed by atoms with van der Waals surface area (Å²) in [5.41, 5.74) is 2.70. The predicted octanol–water partition coefficient (Wildman–Crippen LogP) is 6.57. The maximum Gasteiger partial charge on any atom is 0.194 e. The van der Waals surface area contributed by atoms with Crippen LogP contribution in [0.15, 0.2) is 29.9 Å². The van der Waals surface area contributed by atoms with Crippen LogP contribution in [0.1, 0.15) is 63.9 Å². The van der Waals surface area contributed by atoms with Gasteiger partial charge in [-0.25, -0.2) is 13.2 Å². The van der Waals surface area contributed by atoms with Crippen LogP contribution in [0.4, 0.5) is 13.2 Å². The molecule has 0 fully saturated rings. The first-order chi connectivity index (χ1) is 10.6. The molecule has 1 aromatic carbocycles. The number of halogens is 3. The Morgan fingerprint density at radius 3 is 2.14 bits per heavy atom. The molecule has 2 rings (SSSR count). The summed E-state index contributed by atoms with van der Waals surface area (Å²) in [5, 5.41) is 0. The molecule has 0 bridgehead atoms. The second kappa shape index (κ2) is 8.21. The van der Waals surface area contributed by atoms with Gasteiger partial charge in [-0.05, 0) is 49.0 Å². The molecular formula is C19H23F3. The van der Waals surface area contributed by atoms with Crippen molar-refractivity contribution in [2.75, 3.05) is 0 Å². The van der Waals surface area contributed by atoms with Gasteiger partial charge in [-0.3, -0.25) is 0 Å². The van der Waals surface area contributed by atoms with Gasteiger partial charge >= 0.3 is 0 Å². The Balaban J connectivity index is 1.95. The molecule has 0 nitrogen and oxygen atoms in total. The molecule has 22 heavy (non-hydrogen) atoms. The van der Waals surface area contributed by atoms with E-state index in [1.54, 1.807) is 0 Å². The van der Waals surface area contributed by atoms with E-state index in [4.69, 9.17) is 0 Å². The van der Waals surface area contributed by atoms with Crippen molar-refractivity contribution in [3.63, 3.8) is 0 Å². The Bertz CT molecular complexity index is 547. The largest absolute Gasteiger partial charge is 0.204 e. The van der Waals surface area contributed by atoms with Crippen molar-refractivity contribution < 1.29 is 13.2 Å². The minimum absolute atomic E-state index is 0.439. The first-order valence-electron chi connectivity index (χ1n) is 8.15. The zero-order valence-electron chi connectivity index (χ0n) is 13.1. The van der Waals surface area contributed by atoms with Crippen LogP contribution in [0, 0.1) is 17.5 Å². The van der Waals surface area contributed by atoms with Crippen LogP contribution in [0.3, 0.4) is 0 Å². The fraction of sp³-hybridized carbons (Fsp3) is 0.474. The van der Waals surface area contributed by atoms with Crippen molar-refractivity contribution in [3.8, 4) is 0 Å². The van der Waals surface area contributed by atoms with E-state index in [9.17, 15) is 13.2 Å². The van der Waals surface area contributed by atoms with Gasteiger partial charge in [-0.1, -0.05) is 50.3 Å². The summed E-state index contributed by atoms with van der Waals surface area (Å²) < 4.78 is 39.6. The lowest BCUT2D eigenvalue weighted by atomic mass is 9.91. The molecule has 0 saturated carbocycles. The highest BCUT2D eigenvalue weighted by atomic mass is 19.2. The molecule has 120 valence electrons. The third-order valence-corrected chi connectivity index (χ3v) is 4.19. The zero-order valence-corrected chi connectivity index (χ0v) is 13.1.